The van der Waals surface area contributed by atoms with E-state index in [1.165, 1.54) is 0 Å². The van der Waals surface area contributed by atoms with E-state index in [0.717, 1.165) is 11.1 Å². The van der Waals surface area contributed by atoms with E-state index in [2.05, 4.69) is 10.6 Å². The normalized spacial score (nSPS) is 10.5. The number of halogens is 1. The highest BCUT2D eigenvalue weighted by molar-refractivity contribution is 6.30. The molecule has 1 heterocycles. The van der Waals surface area contributed by atoms with Crippen molar-refractivity contribution in [2.24, 2.45) is 0 Å². The number of aryl methyl sites for hydroxylation is 1. The van der Waals surface area contributed by atoms with E-state index in [0.29, 0.717) is 27.7 Å². The van der Waals surface area contributed by atoms with E-state index in [9.17, 15) is 9.59 Å². The fraction of sp³-hybridized carbons (Fsp3) is 0.0400. The van der Waals surface area contributed by atoms with Crippen molar-refractivity contribution in [3.8, 4) is 11.3 Å². The van der Waals surface area contributed by atoms with Crippen molar-refractivity contribution in [1.29, 1.82) is 0 Å². The Hall–Kier alpha value is -3.83. The van der Waals surface area contributed by atoms with Crippen molar-refractivity contribution in [3.05, 3.63) is 107 Å². The molecule has 0 fully saturated rings. The average Bonchev–Trinajstić information content (AvgIpc) is 3.25. The fourth-order valence-corrected chi connectivity index (χ4v) is 3.25. The van der Waals surface area contributed by atoms with E-state index in [1.807, 2.05) is 37.3 Å². The first-order valence-corrected chi connectivity index (χ1v) is 10.0. The zero-order valence-corrected chi connectivity index (χ0v) is 17.4. The van der Waals surface area contributed by atoms with Crippen LogP contribution in [-0.4, -0.2) is 11.8 Å². The number of anilines is 2. The summed E-state index contributed by atoms with van der Waals surface area (Å²) >= 11 is 5.91. The molecule has 2 N–H and O–H groups in total. The molecule has 0 aliphatic carbocycles. The van der Waals surface area contributed by atoms with Gasteiger partial charge in [0, 0.05) is 27.5 Å². The minimum Gasteiger partial charge on any atom is -0.451 e. The van der Waals surface area contributed by atoms with Crippen molar-refractivity contribution in [2.75, 3.05) is 10.6 Å². The zero-order valence-electron chi connectivity index (χ0n) is 16.7. The lowest BCUT2D eigenvalue weighted by Crippen LogP contribution is -2.14. The Morgan fingerprint density at radius 1 is 0.774 bits per heavy atom. The quantitative estimate of drug-likeness (QED) is 0.384. The van der Waals surface area contributed by atoms with Gasteiger partial charge in [0.25, 0.3) is 11.8 Å². The van der Waals surface area contributed by atoms with Crippen LogP contribution in [0.2, 0.25) is 5.02 Å². The van der Waals surface area contributed by atoms with Crippen LogP contribution in [0.25, 0.3) is 11.3 Å². The van der Waals surface area contributed by atoms with Gasteiger partial charge < -0.3 is 15.1 Å². The minimum atomic E-state index is -0.386. The summed E-state index contributed by atoms with van der Waals surface area (Å²) in [4.78, 5) is 25.1. The van der Waals surface area contributed by atoms with Gasteiger partial charge in [-0.15, -0.1) is 0 Å². The largest absolute Gasteiger partial charge is 0.451 e. The van der Waals surface area contributed by atoms with E-state index in [-0.39, 0.29) is 17.6 Å². The third-order valence-electron chi connectivity index (χ3n) is 4.73. The maximum Gasteiger partial charge on any atom is 0.291 e. The first kappa shape index (κ1) is 20.4. The molecule has 4 rings (SSSR count). The predicted molar refractivity (Wildman–Crippen MR) is 123 cm³/mol. The summed E-state index contributed by atoms with van der Waals surface area (Å²) < 4.78 is 5.68. The smallest absolute Gasteiger partial charge is 0.291 e. The number of carbonyl (C=O) groups is 2. The van der Waals surface area contributed by atoms with E-state index >= 15 is 0 Å². The molecular weight excluding hydrogens is 412 g/mol. The van der Waals surface area contributed by atoms with Crippen molar-refractivity contribution in [1.82, 2.24) is 0 Å². The fourth-order valence-electron chi connectivity index (χ4n) is 3.12. The SMILES string of the molecule is Cc1ccccc1C(=O)Nc1cccc(NC(=O)c2ccc(-c3ccc(Cl)cc3)o2)c1. The van der Waals surface area contributed by atoms with Crippen LogP contribution in [0, 0.1) is 6.92 Å². The van der Waals surface area contributed by atoms with Gasteiger partial charge in [0.2, 0.25) is 0 Å². The Bertz CT molecular complexity index is 1250. The summed E-state index contributed by atoms with van der Waals surface area (Å²) in [6.45, 7) is 1.88. The number of amides is 2. The topological polar surface area (TPSA) is 71.3 Å². The van der Waals surface area contributed by atoms with Gasteiger partial charge in [-0.05, 0) is 73.2 Å². The molecule has 0 unspecified atom stereocenters. The van der Waals surface area contributed by atoms with Crippen LogP contribution < -0.4 is 10.6 Å². The standard InChI is InChI=1S/C25H19ClN2O3/c1-16-5-2-3-8-21(16)24(29)27-19-6-4-7-20(15-19)28-25(30)23-14-13-22(31-23)17-9-11-18(26)12-10-17/h2-15H,1H3,(H,27,29)(H,28,30). The Labute approximate surface area is 184 Å². The van der Waals surface area contributed by atoms with Crippen LogP contribution in [0.1, 0.15) is 26.5 Å². The van der Waals surface area contributed by atoms with Gasteiger partial charge in [-0.1, -0.05) is 35.9 Å². The Morgan fingerprint density at radius 3 is 2.16 bits per heavy atom. The number of furan rings is 1. The van der Waals surface area contributed by atoms with Gasteiger partial charge in [0.1, 0.15) is 5.76 Å². The molecule has 5 nitrogen and oxygen atoms in total. The molecule has 0 aliphatic rings. The van der Waals surface area contributed by atoms with E-state index in [4.69, 9.17) is 16.0 Å². The lowest BCUT2D eigenvalue weighted by atomic mass is 10.1. The maximum atomic E-state index is 12.6. The molecule has 0 saturated carbocycles. The highest BCUT2D eigenvalue weighted by atomic mass is 35.5. The number of carbonyl (C=O) groups excluding carboxylic acids is 2. The van der Waals surface area contributed by atoms with Gasteiger partial charge in [0.15, 0.2) is 5.76 Å². The molecule has 31 heavy (non-hydrogen) atoms. The number of hydrogen-bond donors (Lipinski definition) is 2. The highest BCUT2D eigenvalue weighted by Gasteiger charge is 2.14. The molecule has 1 aromatic heterocycles. The van der Waals surface area contributed by atoms with Crippen molar-refractivity contribution in [2.45, 2.75) is 6.92 Å². The third-order valence-corrected chi connectivity index (χ3v) is 4.98. The van der Waals surface area contributed by atoms with Crippen LogP contribution >= 0.6 is 11.6 Å². The van der Waals surface area contributed by atoms with Crippen LogP contribution in [0.4, 0.5) is 11.4 Å². The minimum absolute atomic E-state index is 0.180. The summed E-state index contributed by atoms with van der Waals surface area (Å²) in [6.07, 6.45) is 0. The Kier molecular flexibility index (Phi) is 5.87. The molecule has 0 bridgehead atoms. The predicted octanol–water partition coefficient (Wildman–Crippen LogP) is 6.41. The van der Waals surface area contributed by atoms with Crippen LogP contribution in [-0.2, 0) is 0 Å². The second-order valence-electron chi connectivity index (χ2n) is 6.97. The van der Waals surface area contributed by atoms with Crippen LogP contribution in [0.3, 0.4) is 0 Å². The molecule has 4 aromatic rings. The summed E-state index contributed by atoms with van der Waals surface area (Å²) in [5, 5.41) is 6.28. The molecule has 154 valence electrons. The summed E-state index contributed by atoms with van der Waals surface area (Å²) in [6, 6.07) is 24.8. The number of rotatable bonds is 5. The lowest BCUT2D eigenvalue weighted by Gasteiger charge is -2.09. The summed E-state index contributed by atoms with van der Waals surface area (Å²) in [5.41, 5.74) is 3.43. The number of benzene rings is 3. The molecule has 2 amide bonds. The first-order valence-electron chi connectivity index (χ1n) is 9.64. The summed E-state index contributed by atoms with van der Waals surface area (Å²) in [5.74, 6) is 0.156. The van der Waals surface area contributed by atoms with Crippen molar-refractivity contribution in [3.63, 3.8) is 0 Å². The van der Waals surface area contributed by atoms with Gasteiger partial charge in [-0.2, -0.15) is 0 Å². The molecular formula is C25H19ClN2O3. The molecule has 0 radical (unpaired) electrons. The van der Waals surface area contributed by atoms with Gasteiger partial charge in [0.05, 0.1) is 0 Å². The maximum absolute atomic E-state index is 12.6. The summed E-state index contributed by atoms with van der Waals surface area (Å²) in [7, 11) is 0. The van der Waals surface area contributed by atoms with Crippen LogP contribution in [0.5, 0.6) is 0 Å². The monoisotopic (exact) mass is 430 g/mol. The average molecular weight is 431 g/mol. The molecule has 6 heteroatoms. The van der Waals surface area contributed by atoms with Crippen molar-refractivity contribution < 1.29 is 14.0 Å². The molecule has 3 aromatic carbocycles. The number of nitrogens with one attached hydrogen (secondary N) is 2. The lowest BCUT2D eigenvalue weighted by molar-refractivity contribution is 0.0995. The first-order chi connectivity index (χ1) is 15.0. The van der Waals surface area contributed by atoms with Crippen LogP contribution in [0.15, 0.2) is 89.3 Å². The molecule has 0 saturated heterocycles. The van der Waals surface area contributed by atoms with Gasteiger partial charge in [-0.25, -0.2) is 0 Å². The second-order valence-corrected chi connectivity index (χ2v) is 7.41. The highest BCUT2D eigenvalue weighted by Crippen LogP contribution is 2.25. The Morgan fingerprint density at radius 2 is 1.45 bits per heavy atom. The number of hydrogen-bond acceptors (Lipinski definition) is 3. The molecule has 0 aliphatic heterocycles. The zero-order chi connectivity index (χ0) is 21.8. The second kappa shape index (κ2) is 8.90. The van der Waals surface area contributed by atoms with Gasteiger partial charge >= 0.3 is 0 Å². The molecule has 0 spiro atoms. The van der Waals surface area contributed by atoms with E-state index < -0.39 is 0 Å². The van der Waals surface area contributed by atoms with Gasteiger partial charge in [-0.3, -0.25) is 9.59 Å². The third kappa shape index (κ3) is 4.85. The van der Waals surface area contributed by atoms with E-state index in [1.54, 1.807) is 54.6 Å². The van der Waals surface area contributed by atoms with Crippen molar-refractivity contribution >= 4 is 34.8 Å². The molecule has 0 atom stereocenters. The Balaban J connectivity index is 1.45.